The molecule has 1 aromatic rings. The summed E-state index contributed by atoms with van der Waals surface area (Å²) in [7, 11) is 1.67. The highest BCUT2D eigenvalue weighted by molar-refractivity contribution is 14.0. The molecular weight excluding hydrogens is 465 g/mol. The van der Waals surface area contributed by atoms with Crippen molar-refractivity contribution < 1.29 is 4.79 Å². The number of nitrogens with zero attached hydrogens (tertiary/aromatic N) is 3. The average Bonchev–Trinajstić information content (AvgIpc) is 2.65. The van der Waals surface area contributed by atoms with E-state index in [0.717, 1.165) is 45.2 Å². The molecule has 2 rings (SSSR count). The number of hydrogen-bond acceptors (Lipinski definition) is 3. The number of aliphatic imine (C=N–C) groups is 1. The Kier molecular flexibility index (Phi) is 10.2. The summed E-state index contributed by atoms with van der Waals surface area (Å²) in [6.45, 7) is 14.3. The number of benzene rings is 1. The van der Waals surface area contributed by atoms with Crippen molar-refractivity contribution in [3.63, 3.8) is 0 Å². The Bertz CT molecular complexity index is 654. The van der Waals surface area contributed by atoms with E-state index < -0.39 is 5.41 Å². The van der Waals surface area contributed by atoms with Crippen LogP contribution in [0, 0.1) is 12.3 Å². The molecule has 0 unspecified atom stereocenters. The molecule has 6 nitrogen and oxygen atoms in total. The summed E-state index contributed by atoms with van der Waals surface area (Å²) in [6, 6.07) is 8.73. The highest BCUT2D eigenvalue weighted by Gasteiger charge is 2.27. The van der Waals surface area contributed by atoms with E-state index in [2.05, 4.69) is 58.5 Å². The van der Waals surface area contributed by atoms with Gasteiger partial charge in [0.05, 0.1) is 12.0 Å². The standard InChI is InChI=1S/C21H35N5O.HI/c1-6-23-20(24-16-21(3,4)19(27)22-5)26-12-10-25(11-13-26)15-18-9-7-8-17(2)14-18;/h7-9,14H,6,10-13,15-16H2,1-5H3,(H,22,27)(H,23,24);1H. The van der Waals surface area contributed by atoms with Crippen molar-refractivity contribution in [2.45, 2.75) is 34.2 Å². The SMILES string of the molecule is CCNC(=NCC(C)(C)C(=O)NC)N1CCN(Cc2cccc(C)c2)CC1.I. The second-order valence-electron chi connectivity index (χ2n) is 7.89. The minimum atomic E-state index is -0.511. The van der Waals surface area contributed by atoms with Crippen LogP contribution in [0.4, 0.5) is 0 Å². The summed E-state index contributed by atoms with van der Waals surface area (Å²) in [6.07, 6.45) is 0. The number of halogens is 1. The molecule has 1 aromatic carbocycles. The number of nitrogens with one attached hydrogen (secondary N) is 2. The molecule has 1 heterocycles. The molecule has 158 valence electrons. The van der Waals surface area contributed by atoms with Gasteiger partial charge in [0.15, 0.2) is 5.96 Å². The number of rotatable bonds is 6. The van der Waals surface area contributed by atoms with E-state index in [4.69, 9.17) is 4.99 Å². The van der Waals surface area contributed by atoms with Crippen molar-refractivity contribution in [2.24, 2.45) is 10.4 Å². The van der Waals surface area contributed by atoms with Gasteiger partial charge in [-0.3, -0.25) is 14.7 Å². The van der Waals surface area contributed by atoms with Crippen LogP contribution in [0.2, 0.25) is 0 Å². The Morgan fingerprint density at radius 2 is 1.89 bits per heavy atom. The number of piperazine rings is 1. The third kappa shape index (κ3) is 7.24. The number of carbonyl (C=O) groups excluding carboxylic acids is 1. The highest BCUT2D eigenvalue weighted by atomic mass is 127. The molecule has 0 aromatic heterocycles. The molecule has 1 fully saturated rings. The lowest BCUT2D eigenvalue weighted by Crippen LogP contribution is -2.52. The van der Waals surface area contributed by atoms with Gasteiger partial charge in [-0.25, -0.2) is 0 Å². The molecule has 1 saturated heterocycles. The second kappa shape index (κ2) is 11.6. The van der Waals surface area contributed by atoms with E-state index in [0.29, 0.717) is 6.54 Å². The topological polar surface area (TPSA) is 60.0 Å². The first-order valence-electron chi connectivity index (χ1n) is 9.89. The maximum atomic E-state index is 12.0. The van der Waals surface area contributed by atoms with Gasteiger partial charge in [-0.05, 0) is 33.3 Å². The molecule has 1 amide bonds. The predicted octanol–water partition coefficient (Wildman–Crippen LogP) is 2.47. The summed E-state index contributed by atoms with van der Waals surface area (Å²) in [5.74, 6) is 0.926. The van der Waals surface area contributed by atoms with E-state index >= 15 is 0 Å². The van der Waals surface area contributed by atoms with Crippen molar-refractivity contribution in [1.29, 1.82) is 0 Å². The van der Waals surface area contributed by atoms with Crippen LogP contribution in [0.25, 0.3) is 0 Å². The van der Waals surface area contributed by atoms with Crippen LogP contribution in [-0.2, 0) is 11.3 Å². The van der Waals surface area contributed by atoms with Crippen LogP contribution in [0.1, 0.15) is 31.9 Å². The van der Waals surface area contributed by atoms with Gasteiger partial charge in [0.2, 0.25) is 5.91 Å². The van der Waals surface area contributed by atoms with Crippen molar-refractivity contribution in [3.05, 3.63) is 35.4 Å². The van der Waals surface area contributed by atoms with Crippen LogP contribution < -0.4 is 10.6 Å². The van der Waals surface area contributed by atoms with Gasteiger partial charge in [-0.2, -0.15) is 0 Å². The van der Waals surface area contributed by atoms with Gasteiger partial charge in [-0.1, -0.05) is 29.8 Å². The number of hydrogen-bond donors (Lipinski definition) is 2. The summed E-state index contributed by atoms with van der Waals surface area (Å²) < 4.78 is 0. The maximum Gasteiger partial charge on any atom is 0.227 e. The number of amides is 1. The van der Waals surface area contributed by atoms with E-state index in [9.17, 15) is 4.79 Å². The molecule has 1 aliphatic rings. The third-order valence-corrected chi connectivity index (χ3v) is 4.96. The lowest BCUT2D eigenvalue weighted by atomic mass is 9.93. The monoisotopic (exact) mass is 501 g/mol. The normalized spacial score (nSPS) is 15.8. The molecule has 0 atom stereocenters. The fourth-order valence-electron chi connectivity index (χ4n) is 3.30. The first-order valence-corrected chi connectivity index (χ1v) is 9.89. The molecule has 0 saturated carbocycles. The summed E-state index contributed by atoms with van der Waals surface area (Å²) in [4.78, 5) is 21.5. The molecule has 0 aliphatic carbocycles. The Morgan fingerprint density at radius 1 is 1.21 bits per heavy atom. The van der Waals surface area contributed by atoms with Crippen molar-refractivity contribution in [2.75, 3.05) is 46.3 Å². The largest absolute Gasteiger partial charge is 0.359 e. The third-order valence-electron chi connectivity index (χ3n) is 4.96. The first kappa shape index (κ1) is 24.7. The zero-order valence-electron chi connectivity index (χ0n) is 17.9. The smallest absolute Gasteiger partial charge is 0.227 e. The van der Waals surface area contributed by atoms with E-state index in [1.807, 2.05) is 13.8 Å². The fraction of sp³-hybridized carbons (Fsp3) is 0.619. The molecule has 28 heavy (non-hydrogen) atoms. The van der Waals surface area contributed by atoms with Crippen LogP contribution in [-0.4, -0.2) is 68.0 Å². The second-order valence-corrected chi connectivity index (χ2v) is 7.89. The lowest BCUT2D eigenvalue weighted by molar-refractivity contribution is -0.128. The summed E-state index contributed by atoms with van der Waals surface area (Å²) in [5, 5.41) is 6.10. The Hall–Kier alpha value is -1.35. The number of guanidine groups is 1. The van der Waals surface area contributed by atoms with Gasteiger partial charge in [0.25, 0.3) is 0 Å². The first-order chi connectivity index (χ1) is 12.9. The minimum Gasteiger partial charge on any atom is -0.359 e. The molecule has 0 bridgehead atoms. The zero-order valence-corrected chi connectivity index (χ0v) is 20.2. The van der Waals surface area contributed by atoms with Gasteiger partial charge in [0.1, 0.15) is 0 Å². The predicted molar refractivity (Wildman–Crippen MR) is 127 cm³/mol. The molecule has 7 heteroatoms. The van der Waals surface area contributed by atoms with Crippen LogP contribution in [0.3, 0.4) is 0 Å². The molecular formula is C21H36IN5O. The molecule has 0 radical (unpaired) electrons. The molecule has 2 N–H and O–H groups in total. The fourth-order valence-corrected chi connectivity index (χ4v) is 3.30. The Balaban J connectivity index is 0.00000392. The quantitative estimate of drug-likeness (QED) is 0.357. The summed E-state index contributed by atoms with van der Waals surface area (Å²) >= 11 is 0. The average molecular weight is 501 g/mol. The highest BCUT2D eigenvalue weighted by Crippen LogP contribution is 2.16. The minimum absolute atomic E-state index is 0. The number of carbonyl (C=O) groups is 1. The van der Waals surface area contributed by atoms with Crippen molar-refractivity contribution in [3.8, 4) is 0 Å². The van der Waals surface area contributed by atoms with Gasteiger partial charge in [-0.15, -0.1) is 24.0 Å². The number of aryl methyl sites for hydroxylation is 1. The van der Waals surface area contributed by atoms with Crippen LogP contribution in [0.15, 0.2) is 29.3 Å². The molecule has 0 spiro atoms. The van der Waals surface area contributed by atoms with Crippen LogP contribution >= 0.6 is 24.0 Å². The zero-order chi connectivity index (χ0) is 19.9. The lowest BCUT2D eigenvalue weighted by Gasteiger charge is -2.37. The van der Waals surface area contributed by atoms with Crippen molar-refractivity contribution >= 4 is 35.8 Å². The van der Waals surface area contributed by atoms with E-state index in [1.54, 1.807) is 7.05 Å². The van der Waals surface area contributed by atoms with E-state index in [1.165, 1.54) is 11.1 Å². The van der Waals surface area contributed by atoms with E-state index in [-0.39, 0.29) is 29.9 Å². The van der Waals surface area contributed by atoms with Crippen LogP contribution in [0.5, 0.6) is 0 Å². The Morgan fingerprint density at radius 3 is 2.46 bits per heavy atom. The Labute approximate surface area is 187 Å². The molecule has 1 aliphatic heterocycles. The van der Waals surface area contributed by atoms with Gasteiger partial charge >= 0.3 is 0 Å². The summed E-state index contributed by atoms with van der Waals surface area (Å²) in [5.41, 5.74) is 2.17. The van der Waals surface area contributed by atoms with Gasteiger partial charge < -0.3 is 15.5 Å². The van der Waals surface area contributed by atoms with Crippen molar-refractivity contribution in [1.82, 2.24) is 20.4 Å². The maximum absolute atomic E-state index is 12.0. The van der Waals surface area contributed by atoms with Gasteiger partial charge in [0, 0.05) is 46.3 Å².